The maximum absolute atomic E-state index is 14.0. The van der Waals surface area contributed by atoms with Crippen molar-refractivity contribution in [2.45, 2.75) is 80.5 Å². The molecule has 10 nitrogen and oxygen atoms in total. The average Bonchev–Trinajstić information content (AvgIpc) is 3.70. The molecule has 0 radical (unpaired) electrons. The number of carbonyl (C=O) groups is 1. The molecule has 1 atom stereocenters. The number of hydrogen-bond donors (Lipinski definition) is 2. The van der Waals surface area contributed by atoms with Crippen LogP contribution in [-0.4, -0.2) is 58.1 Å². The van der Waals surface area contributed by atoms with Crippen molar-refractivity contribution in [1.82, 2.24) is 4.72 Å². The fourth-order valence-corrected chi connectivity index (χ4v) is 7.67. The van der Waals surface area contributed by atoms with E-state index < -0.39 is 77.9 Å². The number of carbonyl (C=O) groups excluding carboxylic acids is 1. The van der Waals surface area contributed by atoms with Crippen molar-refractivity contribution in [2.24, 2.45) is 0 Å². The van der Waals surface area contributed by atoms with E-state index in [2.05, 4.69) is 14.8 Å². The van der Waals surface area contributed by atoms with E-state index in [0.717, 1.165) is 16.4 Å². The first-order valence-corrected chi connectivity index (χ1v) is 16.0. The lowest BCUT2D eigenvalue weighted by Gasteiger charge is -2.39. The topological polar surface area (TPSA) is 131 Å². The lowest BCUT2D eigenvalue weighted by molar-refractivity contribution is -0.242. The molecule has 238 valence electrons. The van der Waals surface area contributed by atoms with Crippen LogP contribution in [-0.2, 0) is 24.8 Å². The van der Waals surface area contributed by atoms with Gasteiger partial charge in [0.05, 0.1) is 22.4 Å². The molecule has 0 saturated heterocycles. The van der Waals surface area contributed by atoms with E-state index in [1.165, 1.54) is 12.1 Å². The van der Waals surface area contributed by atoms with Crippen molar-refractivity contribution in [2.75, 3.05) is 16.2 Å². The van der Waals surface area contributed by atoms with E-state index in [1.807, 2.05) is 0 Å². The number of nitrogens with one attached hydrogen (secondary N) is 2. The largest absolute Gasteiger partial charge is 0.486 e. The highest BCUT2D eigenvalue weighted by Gasteiger charge is 2.51. The van der Waals surface area contributed by atoms with Gasteiger partial charge >= 0.3 is 12.3 Å². The Bertz CT molecular complexity index is 1630. The maximum Gasteiger partial charge on any atom is 0.427 e. The maximum atomic E-state index is 14.0. The van der Waals surface area contributed by atoms with Crippen LogP contribution in [0.2, 0.25) is 0 Å². The van der Waals surface area contributed by atoms with E-state index in [1.54, 1.807) is 13.8 Å². The minimum absolute atomic E-state index is 0.0129. The highest BCUT2D eigenvalue weighted by molar-refractivity contribution is 7.92. The summed E-state index contributed by atoms with van der Waals surface area (Å²) in [4.78, 5) is 11.6. The summed E-state index contributed by atoms with van der Waals surface area (Å²) >= 11 is 0. The van der Waals surface area contributed by atoms with E-state index in [-0.39, 0.29) is 23.5 Å². The number of halogens is 5. The van der Waals surface area contributed by atoms with Gasteiger partial charge in [-0.15, -0.1) is 0 Å². The van der Waals surface area contributed by atoms with Crippen LogP contribution in [0.4, 0.5) is 38.1 Å². The van der Waals surface area contributed by atoms with Crippen LogP contribution in [0, 0.1) is 11.6 Å². The SMILES string of the molecule is CC(C)(C[C@H]1CN(S(=O)(=O)c2ccc(F)c(F)c2)c2cc(NC(=O)OC(C)(C)C(F)(F)F)ccc2O1)NS(=O)(=O)C1CC1. The molecule has 1 aliphatic carbocycles. The van der Waals surface area contributed by atoms with E-state index in [9.17, 15) is 43.6 Å². The molecule has 0 unspecified atom stereocenters. The first-order valence-electron chi connectivity index (χ1n) is 13.0. The Kier molecular flexibility index (Phi) is 8.43. The first-order chi connectivity index (χ1) is 19.6. The van der Waals surface area contributed by atoms with Crippen molar-refractivity contribution in [3.05, 3.63) is 48.0 Å². The van der Waals surface area contributed by atoms with Crippen LogP contribution in [0.3, 0.4) is 0 Å². The zero-order valence-electron chi connectivity index (χ0n) is 23.5. The molecular formula is C26H30F5N3O7S2. The molecule has 17 heteroatoms. The predicted molar refractivity (Wildman–Crippen MR) is 146 cm³/mol. The van der Waals surface area contributed by atoms with Crippen molar-refractivity contribution < 1.29 is 53.1 Å². The Balaban J connectivity index is 1.67. The Morgan fingerprint density at radius 3 is 2.23 bits per heavy atom. The van der Waals surface area contributed by atoms with E-state index in [4.69, 9.17) is 4.74 Å². The van der Waals surface area contributed by atoms with Gasteiger partial charge in [0.25, 0.3) is 10.0 Å². The summed E-state index contributed by atoms with van der Waals surface area (Å²) in [7, 11) is -8.25. The molecule has 2 aliphatic rings. The number of fused-ring (bicyclic) bond motifs is 1. The van der Waals surface area contributed by atoms with Crippen molar-refractivity contribution in [3.63, 3.8) is 0 Å². The number of nitrogens with zero attached hydrogens (tertiary/aromatic N) is 1. The van der Waals surface area contributed by atoms with Gasteiger partial charge in [-0.1, -0.05) is 0 Å². The smallest absolute Gasteiger partial charge is 0.427 e. The second-order valence-corrected chi connectivity index (χ2v) is 15.3. The third-order valence-electron chi connectivity index (χ3n) is 6.77. The molecule has 0 bridgehead atoms. The summed E-state index contributed by atoms with van der Waals surface area (Å²) in [5, 5.41) is 1.61. The number of anilines is 2. The number of benzene rings is 2. The zero-order valence-corrected chi connectivity index (χ0v) is 25.1. The lowest BCUT2D eigenvalue weighted by atomic mass is 9.97. The molecule has 1 aliphatic heterocycles. The van der Waals surface area contributed by atoms with Crippen LogP contribution in [0.25, 0.3) is 0 Å². The second-order valence-electron chi connectivity index (χ2n) is 11.5. The molecule has 0 spiro atoms. The van der Waals surface area contributed by atoms with Gasteiger partial charge in [-0.2, -0.15) is 13.2 Å². The van der Waals surface area contributed by atoms with Gasteiger partial charge in [-0.25, -0.2) is 35.1 Å². The number of hydrogen-bond acceptors (Lipinski definition) is 7. The average molecular weight is 656 g/mol. The fourth-order valence-electron chi connectivity index (χ4n) is 4.38. The molecule has 43 heavy (non-hydrogen) atoms. The third kappa shape index (κ3) is 7.32. The molecule has 2 aromatic rings. The molecule has 0 aromatic heterocycles. The van der Waals surface area contributed by atoms with Gasteiger partial charge in [0, 0.05) is 17.6 Å². The highest BCUT2D eigenvalue weighted by Crippen LogP contribution is 2.41. The summed E-state index contributed by atoms with van der Waals surface area (Å²) in [6.07, 6.45) is -6.26. The molecule has 1 saturated carbocycles. The number of alkyl halides is 3. The van der Waals surface area contributed by atoms with Gasteiger partial charge in [-0.05, 0) is 76.9 Å². The number of ether oxygens (including phenoxy) is 2. The number of sulfonamides is 2. The lowest BCUT2D eigenvalue weighted by Crippen LogP contribution is -2.51. The van der Waals surface area contributed by atoms with Crippen LogP contribution >= 0.6 is 0 Å². The summed E-state index contributed by atoms with van der Waals surface area (Å²) in [6, 6.07) is 5.55. The van der Waals surface area contributed by atoms with Crippen LogP contribution in [0.5, 0.6) is 5.75 Å². The summed E-state index contributed by atoms with van der Waals surface area (Å²) < 4.78 is 134. The zero-order chi connectivity index (χ0) is 32.2. The molecule has 1 fully saturated rings. The van der Waals surface area contributed by atoms with Crippen LogP contribution in [0.1, 0.15) is 47.0 Å². The predicted octanol–water partition coefficient (Wildman–Crippen LogP) is 5.06. The van der Waals surface area contributed by atoms with E-state index in [0.29, 0.717) is 38.8 Å². The first kappa shape index (κ1) is 32.7. The summed E-state index contributed by atoms with van der Waals surface area (Å²) in [5.41, 5.74) is -4.26. The Labute approximate surface area is 245 Å². The second kappa shape index (κ2) is 11.1. The molecule has 1 heterocycles. The summed E-state index contributed by atoms with van der Waals surface area (Å²) in [5.74, 6) is -2.75. The Morgan fingerprint density at radius 2 is 1.65 bits per heavy atom. The van der Waals surface area contributed by atoms with Crippen molar-refractivity contribution in [1.29, 1.82) is 0 Å². The molecule has 2 aromatic carbocycles. The van der Waals surface area contributed by atoms with E-state index >= 15 is 0 Å². The van der Waals surface area contributed by atoms with Gasteiger partial charge in [0.1, 0.15) is 11.9 Å². The Hall–Kier alpha value is -3.18. The van der Waals surface area contributed by atoms with Crippen molar-refractivity contribution >= 4 is 37.5 Å². The monoisotopic (exact) mass is 655 g/mol. The van der Waals surface area contributed by atoms with Gasteiger partial charge in [0.15, 0.2) is 11.6 Å². The normalized spacial score (nSPS) is 18.1. The number of amides is 1. The van der Waals surface area contributed by atoms with Crippen LogP contribution in [0.15, 0.2) is 41.3 Å². The highest BCUT2D eigenvalue weighted by atomic mass is 32.2. The molecule has 1 amide bonds. The number of rotatable bonds is 9. The standard InChI is InChI=1S/C26H30F5N3O7S2/c1-24(2,33-42(36,37)17-6-7-17)13-16-14-34(43(38,39)18-8-9-19(27)20(28)12-18)21-11-15(5-10-22(21)40-16)32-23(35)41-25(3,4)26(29,30)31/h5,8-12,16-17,33H,6-7,13-14H2,1-4H3,(H,32,35)/t16-/m0/s1. The molecule has 4 rings (SSSR count). The van der Waals surface area contributed by atoms with Gasteiger partial charge in [0.2, 0.25) is 15.6 Å². The third-order valence-corrected chi connectivity index (χ3v) is 10.7. The van der Waals surface area contributed by atoms with Crippen molar-refractivity contribution in [3.8, 4) is 5.75 Å². The summed E-state index contributed by atoms with van der Waals surface area (Å²) in [6.45, 7) is 4.08. The minimum atomic E-state index is -4.88. The molecule has 2 N–H and O–H groups in total. The molecular weight excluding hydrogens is 625 g/mol. The minimum Gasteiger partial charge on any atom is -0.486 e. The van der Waals surface area contributed by atoms with Gasteiger partial charge < -0.3 is 9.47 Å². The van der Waals surface area contributed by atoms with Crippen LogP contribution < -0.4 is 19.1 Å². The van der Waals surface area contributed by atoms with Gasteiger partial charge in [-0.3, -0.25) is 9.62 Å². The quantitative estimate of drug-likeness (QED) is 0.361. The Morgan fingerprint density at radius 1 is 1.00 bits per heavy atom. The fraction of sp³-hybridized carbons (Fsp3) is 0.500.